The molecule has 0 aliphatic carbocycles. The van der Waals surface area contributed by atoms with E-state index in [1.54, 1.807) is 6.92 Å². The normalized spacial score (nSPS) is 13.8. The lowest BCUT2D eigenvalue weighted by molar-refractivity contribution is 0.366. The Hall–Kier alpha value is -1.82. The minimum atomic E-state index is 0.151. The van der Waals surface area contributed by atoms with Gasteiger partial charge in [0.15, 0.2) is 10.7 Å². The Morgan fingerprint density at radius 3 is 2.50 bits per heavy atom. The molecular formula is C13H17N2O+. The fraction of sp³-hybridized carbons (Fsp3) is 0.385. The zero-order valence-corrected chi connectivity index (χ0v) is 9.72. The van der Waals surface area contributed by atoms with Crippen LogP contribution in [-0.2, 0) is 0 Å². The molecule has 0 bridgehead atoms. The highest BCUT2D eigenvalue weighted by molar-refractivity contribution is 5.22. The van der Waals surface area contributed by atoms with Crippen LogP contribution in [0.25, 0.3) is 4.98 Å². The largest absolute Gasteiger partial charge is 0.505 e. The molecule has 0 saturated carbocycles. The van der Waals surface area contributed by atoms with Crippen LogP contribution < -0.4 is 0 Å². The molecule has 16 heavy (non-hydrogen) atoms. The molecule has 0 aliphatic heterocycles. The van der Waals surface area contributed by atoms with Crippen LogP contribution in [0.1, 0.15) is 38.2 Å². The Labute approximate surface area is 96.1 Å². The number of benzene rings is 1. The molecule has 0 aliphatic rings. The number of aliphatic hydroxyl groups excluding tert-OH is 1. The van der Waals surface area contributed by atoms with Crippen LogP contribution in [0.3, 0.4) is 0 Å². The van der Waals surface area contributed by atoms with Crippen LogP contribution in [0, 0.1) is 5.39 Å². The Balaban J connectivity index is 2.83. The second-order valence-corrected chi connectivity index (χ2v) is 3.85. The van der Waals surface area contributed by atoms with E-state index in [1.165, 1.54) is 5.56 Å². The zero-order chi connectivity index (χ0) is 12.0. The Bertz CT molecular complexity index is 404. The summed E-state index contributed by atoms with van der Waals surface area (Å²) >= 11 is 0. The summed E-state index contributed by atoms with van der Waals surface area (Å²) in [6, 6.07) is 10.0. The molecule has 1 unspecified atom stereocenters. The molecule has 0 spiro atoms. The molecule has 84 valence electrons. The van der Waals surface area contributed by atoms with Crippen molar-refractivity contribution in [1.29, 1.82) is 5.39 Å². The third-order valence-electron chi connectivity index (χ3n) is 2.77. The van der Waals surface area contributed by atoms with Crippen LogP contribution in [0.5, 0.6) is 0 Å². The molecule has 1 N–H and O–H groups in total. The summed E-state index contributed by atoms with van der Waals surface area (Å²) < 4.78 is 0. The van der Waals surface area contributed by atoms with E-state index < -0.39 is 0 Å². The van der Waals surface area contributed by atoms with Gasteiger partial charge in [-0.2, -0.15) is 0 Å². The smallest absolute Gasteiger partial charge is 0.395 e. The number of rotatable bonds is 4. The van der Waals surface area contributed by atoms with Gasteiger partial charge in [0.05, 0.1) is 0 Å². The maximum Gasteiger partial charge on any atom is 0.395 e. The van der Waals surface area contributed by atoms with Crippen LogP contribution in [0.4, 0.5) is 0 Å². The van der Waals surface area contributed by atoms with E-state index in [0.29, 0.717) is 6.42 Å². The first-order chi connectivity index (χ1) is 7.69. The molecule has 3 nitrogen and oxygen atoms in total. The van der Waals surface area contributed by atoms with Gasteiger partial charge in [-0.3, -0.25) is 0 Å². The standard InChI is InChI=1S/C13H16N2O/c1-3-11(9-13(16)10(2)15-14)12-7-5-4-6-8-12/h4-8,11H,3,9H2,1-2H3/p+1/b13-10+. The number of allylic oxidation sites excluding steroid dienone is 2. The van der Waals surface area contributed by atoms with E-state index in [2.05, 4.69) is 11.9 Å². The third kappa shape index (κ3) is 3.09. The maximum atomic E-state index is 9.71. The molecule has 1 rings (SSSR count). The Morgan fingerprint density at radius 1 is 1.38 bits per heavy atom. The van der Waals surface area contributed by atoms with Gasteiger partial charge >= 0.3 is 5.70 Å². The van der Waals surface area contributed by atoms with Crippen molar-refractivity contribution in [3.63, 3.8) is 0 Å². The number of nitrogens with zero attached hydrogens (tertiary/aromatic N) is 2. The number of hydrogen-bond acceptors (Lipinski definition) is 2. The van der Waals surface area contributed by atoms with Gasteiger partial charge in [0.2, 0.25) is 5.39 Å². The third-order valence-corrected chi connectivity index (χ3v) is 2.77. The average Bonchev–Trinajstić information content (AvgIpc) is 2.35. The van der Waals surface area contributed by atoms with Crippen molar-refractivity contribution in [3.8, 4) is 0 Å². The lowest BCUT2D eigenvalue weighted by Crippen LogP contribution is -2.00. The van der Waals surface area contributed by atoms with Crippen molar-refractivity contribution in [3.05, 3.63) is 52.3 Å². The summed E-state index contributed by atoms with van der Waals surface area (Å²) in [5, 5.41) is 18.3. The fourth-order valence-electron chi connectivity index (χ4n) is 1.66. The lowest BCUT2D eigenvalue weighted by atomic mass is 9.92. The predicted molar refractivity (Wildman–Crippen MR) is 64.5 cm³/mol. The highest BCUT2D eigenvalue weighted by Gasteiger charge is 2.17. The van der Waals surface area contributed by atoms with Gasteiger partial charge in [-0.05, 0) is 17.9 Å². The first-order valence-corrected chi connectivity index (χ1v) is 5.47. The van der Waals surface area contributed by atoms with Crippen molar-refractivity contribution in [2.45, 2.75) is 32.6 Å². The molecule has 0 radical (unpaired) electrons. The van der Waals surface area contributed by atoms with Crippen LogP contribution >= 0.6 is 0 Å². The van der Waals surface area contributed by atoms with Crippen molar-refractivity contribution >= 4 is 0 Å². The first kappa shape index (κ1) is 12.3. The van der Waals surface area contributed by atoms with Crippen LogP contribution in [0.2, 0.25) is 0 Å². The first-order valence-electron chi connectivity index (χ1n) is 5.47. The lowest BCUT2D eigenvalue weighted by Gasteiger charge is -2.13. The van der Waals surface area contributed by atoms with Gasteiger partial charge in [-0.1, -0.05) is 37.3 Å². The number of diazo groups is 1. The topological polar surface area (TPSA) is 48.4 Å². The molecule has 0 amide bonds. The van der Waals surface area contributed by atoms with E-state index >= 15 is 0 Å². The SMILES string of the molecule is CCC(C/C(O)=C(/C)[N+]#N)c1ccccc1. The molecule has 1 aromatic carbocycles. The summed E-state index contributed by atoms with van der Waals surface area (Å²) in [6.45, 7) is 3.67. The van der Waals surface area contributed by atoms with Crippen molar-refractivity contribution in [2.24, 2.45) is 0 Å². The highest BCUT2D eigenvalue weighted by Crippen LogP contribution is 2.26. The van der Waals surface area contributed by atoms with E-state index in [0.717, 1.165) is 6.42 Å². The van der Waals surface area contributed by atoms with Crippen molar-refractivity contribution in [1.82, 2.24) is 0 Å². The predicted octanol–water partition coefficient (Wildman–Crippen LogP) is 4.21. The van der Waals surface area contributed by atoms with Crippen molar-refractivity contribution in [2.75, 3.05) is 0 Å². The summed E-state index contributed by atoms with van der Waals surface area (Å²) in [5.74, 6) is 0.413. The minimum Gasteiger partial charge on any atom is -0.505 e. The van der Waals surface area contributed by atoms with Gasteiger partial charge in [0.1, 0.15) is 0 Å². The molecule has 0 fully saturated rings. The van der Waals surface area contributed by atoms with Gasteiger partial charge in [-0.25, -0.2) is 0 Å². The van der Waals surface area contributed by atoms with Gasteiger partial charge in [0, 0.05) is 13.3 Å². The minimum absolute atomic E-state index is 0.151. The van der Waals surface area contributed by atoms with Crippen LogP contribution in [-0.4, -0.2) is 5.11 Å². The maximum absolute atomic E-state index is 9.71. The summed E-state index contributed by atoms with van der Waals surface area (Å²) in [6.07, 6.45) is 1.45. The fourth-order valence-corrected chi connectivity index (χ4v) is 1.66. The molecule has 0 saturated heterocycles. The van der Waals surface area contributed by atoms with Crippen molar-refractivity contribution < 1.29 is 5.11 Å². The van der Waals surface area contributed by atoms with E-state index in [4.69, 9.17) is 5.39 Å². The second kappa shape index (κ2) is 5.92. The Kier molecular flexibility index (Phi) is 4.53. The van der Waals surface area contributed by atoms with Gasteiger partial charge < -0.3 is 5.11 Å². The number of hydrogen-bond donors (Lipinski definition) is 1. The van der Waals surface area contributed by atoms with E-state index in [-0.39, 0.29) is 17.4 Å². The quantitative estimate of drug-likeness (QED) is 0.606. The molecule has 0 aromatic heterocycles. The molecule has 1 atom stereocenters. The monoisotopic (exact) mass is 217 g/mol. The highest BCUT2D eigenvalue weighted by atomic mass is 16.3. The van der Waals surface area contributed by atoms with E-state index in [1.807, 2.05) is 30.3 Å². The Morgan fingerprint density at radius 2 is 2.00 bits per heavy atom. The van der Waals surface area contributed by atoms with Crippen LogP contribution in [0.15, 0.2) is 41.8 Å². The zero-order valence-electron chi connectivity index (χ0n) is 9.72. The van der Waals surface area contributed by atoms with Gasteiger partial charge in [0.25, 0.3) is 0 Å². The van der Waals surface area contributed by atoms with E-state index in [9.17, 15) is 5.11 Å². The van der Waals surface area contributed by atoms with Gasteiger partial charge in [-0.15, -0.1) is 0 Å². The molecular weight excluding hydrogens is 200 g/mol. The summed E-state index contributed by atoms with van der Waals surface area (Å²) in [5.41, 5.74) is 1.48. The molecule has 0 heterocycles. The number of aliphatic hydroxyl groups is 1. The average molecular weight is 217 g/mol. The second-order valence-electron chi connectivity index (χ2n) is 3.85. The molecule has 1 aromatic rings. The summed E-state index contributed by atoms with van der Waals surface area (Å²) in [4.78, 5) is 3.00. The summed E-state index contributed by atoms with van der Waals surface area (Å²) in [7, 11) is 0. The molecule has 3 heteroatoms.